The van der Waals surface area contributed by atoms with E-state index >= 15 is 0 Å². The summed E-state index contributed by atoms with van der Waals surface area (Å²) in [5.74, 6) is 0.816. The lowest BCUT2D eigenvalue weighted by Gasteiger charge is -2.39. The molecule has 0 radical (unpaired) electrons. The number of nitrogens with zero attached hydrogens (tertiary/aromatic N) is 4. The third-order valence-electron chi connectivity index (χ3n) is 6.20. The van der Waals surface area contributed by atoms with Crippen molar-refractivity contribution in [2.24, 2.45) is 0 Å². The van der Waals surface area contributed by atoms with Gasteiger partial charge in [0.15, 0.2) is 0 Å². The highest BCUT2D eigenvalue weighted by atomic mass is 16.2. The molecule has 4 rings (SSSR count). The summed E-state index contributed by atoms with van der Waals surface area (Å²) >= 11 is 0. The first-order valence-electron chi connectivity index (χ1n) is 11.4. The molecule has 1 fully saturated rings. The van der Waals surface area contributed by atoms with E-state index in [2.05, 4.69) is 17.1 Å². The number of piperazine rings is 1. The fraction of sp³-hybridized carbons (Fsp3) is 0.400. The summed E-state index contributed by atoms with van der Waals surface area (Å²) in [6.45, 7) is 9.47. The van der Waals surface area contributed by atoms with Gasteiger partial charge in [-0.3, -0.25) is 14.3 Å². The quantitative estimate of drug-likeness (QED) is 0.660. The Hall–Kier alpha value is -3.19. The summed E-state index contributed by atoms with van der Waals surface area (Å²) in [6.07, 6.45) is 0.847. The Morgan fingerprint density at radius 3 is 2.50 bits per heavy atom. The number of urea groups is 1. The molecule has 0 aliphatic carbocycles. The molecule has 2 aromatic carbocycles. The van der Waals surface area contributed by atoms with E-state index in [1.165, 1.54) is 0 Å². The third kappa shape index (κ3) is 4.39. The molecule has 7 heteroatoms. The Kier molecular flexibility index (Phi) is 6.55. The number of amides is 2. The molecular formula is C25H31N5O2. The SMILES string of the molecule is CCC(c1nc2ccccc2c(=O)n1CC)N1CCN(C(=O)Nc2cccc(C)c2)CC1. The number of aromatic nitrogens is 2. The number of carbonyl (C=O) groups is 1. The van der Waals surface area contributed by atoms with E-state index in [1.807, 2.05) is 67.3 Å². The van der Waals surface area contributed by atoms with E-state index in [9.17, 15) is 9.59 Å². The summed E-state index contributed by atoms with van der Waals surface area (Å²) in [7, 11) is 0. The van der Waals surface area contributed by atoms with Crippen LogP contribution in [0.4, 0.5) is 10.5 Å². The van der Waals surface area contributed by atoms with Crippen molar-refractivity contribution in [1.82, 2.24) is 19.4 Å². The standard InChI is InChI=1S/C25H31N5O2/c1-4-22(23-27-21-12-7-6-11-20(21)24(31)30(23)5-2)28-13-15-29(16-14-28)25(32)26-19-10-8-9-18(3)17-19/h6-12,17,22H,4-5,13-16H2,1-3H3,(H,26,32). The molecule has 32 heavy (non-hydrogen) atoms. The fourth-order valence-corrected chi connectivity index (χ4v) is 4.51. The Morgan fingerprint density at radius 2 is 1.81 bits per heavy atom. The van der Waals surface area contributed by atoms with Crippen LogP contribution in [0.5, 0.6) is 0 Å². The van der Waals surface area contributed by atoms with Crippen LogP contribution in [0.1, 0.15) is 37.7 Å². The van der Waals surface area contributed by atoms with Crippen LogP contribution >= 0.6 is 0 Å². The van der Waals surface area contributed by atoms with Gasteiger partial charge in [-0.05, 0) is 50.1 Å². The van der Waals surface area contributed by atoms with Crippen LogP contribution in [-0.4, -0.2) is 51.6 Å². The van der Waals surface area contributed by atoms with Gasteiger partial charge in [0, 0.05) is 38.4 Å². The van der Waals surface area contributed by atoms with Gasteiger partial charge in [0.2, 0.25) is 0 Å². The normalized spacial score (nSPS) is 15.7. The minimum absolute atomic E-state index is 0.0164. The first-order valence-corrected chi connectivity index (χ1v) is 11.4. The van der Waals surface area contributed by atoms with E-state index in [4.69, 9.17) is 4.98 Å². The predicted octanol–water partition coefficient (Wildman–Crippen LogP) is 4.03. The van der Waals surface area contributed by atoms with Crippen LogP contribution in [0.3, 0.4) is 0 Å². The van der Waals surface area contributed by atoms with E-state index in [-0.39, 0.29) is 17.6 Å². The molecular weight excluding hydrogens is 402 g/mol. The van der Waals surface area contributed by atoms with Crippen LogP contribution in [-0.2, 0) is 6.54 Å². The zero-order valence-corrected chi connectivity index (χ0v) is 19.0. The summed E-state index contributed by atoms with van der Waals surface area (Å²) in [5.41, 5.74) is 2.69. The number of rotatable bonds is 5. The highest BCUT2D eigenvalue weighted by molar-refractivity contribution is 5.89. The number of hydrogen-bond donors (Lipinski definition) is 1. The van der Waals surface area contributed by atoms with Gasteiger partial charge in [-0.15, -0.1) is 0 Å². The monoisotopic (exact) mass is 433 g/mol. The molecule has 2 amide bonds. The van der Waals surface area contributed by atoms with Crippen molar-refractivity contribution in [2.75, 3.05) is 31.5 Å². The van der Waals surface area contributed by atoms with E-state index in [0.717, 1.165) is 42.1 Å². The Balaban J connectivity index is 1.50. The molecule has 0 bridgehead atoms. The Morgan fingerprint density at radius 1 is 1.06 bits per heavy atom. The third-order valence-corrected chi connectivity index (χ3v) is 6.20. The van der Waals surface area contributed by atoms with Gasteiger partial charge in [0.25, 0.3) is 5.56 Å². The molecule has 3 aromatic rings. The average molecular weight is 434 g/mol. The number of hydrogen-bond acceptors (Lipinski definition) is 4. The number of fused-ring (bicyclic) bond motifs is 1. The number of carbonyl (C=O) groups excluding carboxylic acids is 1. The maximum absolute atomic E-state index is 13.1. The van der Waals surface area contributed by atoms with Gasteiger partial charge >= 0.3 is 6.03 Å². The van der Waals surface area contributed by atoms with Crippen molar-refractivity contribution in [3.8, 4) is 0 Å². The maximum Gasteiger partial charge on any atom is 0.321 e. The van der Waals surface area contributed by atoms with Crippen LogP contribution in [0, 0.1) is 6.92 Å². The molecule has 168 valence electrons. The molecule has 7 nitrogen and oxygen atoms in total. The van der Waals surface area contributed by atoms with Crippen molar-refractivity contribution in [3.63, 3.8) is 0 Å². The Labute approximate surface area is 188 Å². The minimum atomic E-state index is -0.0717. The molecule has 0 spiro atoms. The molecule has 2 heterocycles. The first-order chi connectivity index (χ1) is 15.5. The smallest absolute Gasteiger partial charge is 0.321 e. The predicted molar refractivity (Wildman–Crippen MR) is 128 cm³/mol. The lowest BCUT2D eigenvalue weighted by atomic mass is 10.1. The number of para-hydroxylation sites is 1. The van der Waals surface area contributed by atoms with E-state index in [1.54, 1.807) is 4.57 Å². The van der Waals surface area contributed by atoms with Crippen molar-refractivity contribution in [3.05, 3.63) is 70.3 Å². The van der Waals surface area contributed by atoms with Gasteiger partial charge < -0.3 is 10.2 Å². The van der Waals surface area contributed by atoms with Gasteiger partial charge in [-0.25, -0.2) is 9.78 Å². The number of aryl methyl sites for hydroxylation is 1. The molecule has 1 aromatic heterocycles. The zero-order chi connectivity index (χ0) is 22.7. The molecule has 1 aliphatic heterocycles. The second kappa shape index (κ2) is 9.53. The van der Waals surface area contributed by atoms with Crippen LogP contribution in [0.25, 0.3) is 10.9 Å². The summed E-state index contributed by atoms with van der Waals surface area (Å²) in [6, 6.07) is 15.3. The molecule has 1 atom stereocenters. The van der Waals surface area contributed by atoms with Crippen molar-refractivity contribution >= 4 is 22.6 Å². The first kappa shape index (κ1) is 22.0. The lowest BCUT2D eigenvalue weighted by molar-refractivity contribution is 0.105. The maximum atomic E-state index is 13.1. The van der Waals surface area contributed by atoms with Crippen molar-refractivity contribution in [2.45, 2.75) is 39.8 Å². The molecule has 0 saturated carbocycles. The van der Waals surface area contributed by atoms with Crippen LogP contribution < -0.4 is 10.9 Å². The summed E-state index contributed by atoms with van der Waals surface area (Å²) in [4.78, 5) is 34.9. The van der Waals surface area contributed by atoms with Gasteiger partial charge in [0.05, 0.1) is 16.9 Å². The molecule has 1 N–H and O–H groups in total. The van der Waals surface area contributed by atoms with Crippen molar-refractivity contribution in [1.29, 1.82) is 0 Å². The second-order valence-corrected chi connectivity index (χ2v) is 8.28. The van der Waals surface area contributed by atoms with Gasteiger partial charge in [-0.2, -0.15) is 0 Å². The number of nitrogens with one attached hydrogen (secondary N) is 1. The van der Waals surface area contributed by atoms with Crippen molar-refractivity contribution < 1.29 is 4.79 Å². The highest BCUT2D eigenvalue weighted by Crippen LogP contribution is 2.25. The summed E-state index contributed by atoms with van der Waals surface area (Å²) in [5, 5.41) is 3.66. The second-order valence-electron chi connectivity index (χ2n) is 8.28. The van der Waals surface area contributed by atoms with E-state index < -0.39 is 0 Å². The molecule has 1 unspecified atom stereocenters. The fourth-order valence-electron chi connectivity index (χ4n) is 4.51. The number of benzene rings is 2. The van der Waals surface area contributed by atoms with Gasteiger partial charge in [-0.1, -0.05) is 31.2 Å². The summed E-state index contributed by atoms with van der Waals surface area (Å²) < 4.78 is 1.80. The lowest BCUT2D eigenvalue weighted by Crippen LogP contribution is -2.51. The Bertz CT molecular complexity index is 1160. The van der Waals surface area contributed by atoms with Crippen LogP contribution in [0.2, 0.25) is 0 Å². The average Bonchev–Trinajstić information content (AvgIpc) is 2.80. The minimum Gasteiger partial charge on any atom is -0.322 e. The van der Waals surface area contributed by atoms with Gasteiger partial charge in [0.1, 0.15) is 5.82 Å². The largest absolute Gasteiger partial charge is 0.322 e. The molecule has 1 saturated heterocycles. The zero-order valence-electron chi connectivity index (χ0n) is 19.0. The highest BCUT2D eigenvalue weighted by Gasteiger charge is 2.29. The van der Waals surface area contributed by atoms with Crippen LogP contribution in [0.15, 0.2) is 53.3 Å². The topological polar surface area (TPSA) is 70.5 Å². The number of anilines is 1. The van der Waals surface area contributed by atoms with E-state index in [0.29, 0.717) is 25.0 Å². The molecule has 1 aliphatic rings.